The lowest BCUT2D eigenvalue weighted by molar-refractivity contribution is 0.263. The van der Waals surface area contributed by atoms with E-state index in [4.69, 9.17) is 4.74 Å². The van der Waals surface area contributed by atoms with Crippen LogP contribution in [0.2, 0.25) is 0 Å². The molecule has 2 aromatic rings. The fourth-order valence-electron chi connectivity index (χ4n) is 2.16. The standard InChI is InChI=1S/C15H18FN3O2S/c16-11-2-6-13(7-3-11)21-8-1-9-22-15-18-17-14(10-20)19(15)12-4-5-12/h2-3,6-7,12,20H,1,4-5,8-10H2. The molecule has 1 fully saturated rings. The molecule has 3 rings (SSSR count). The van der Waals surface area contributed by atoms with E-state index < -0.39 is 0 Å². The number of nitrogens with zero attached hydrogens (tertiary/aromatic N) is 3. The monoisotopic (exact) mass is 323 g/mol. The second-order valence-corrected chi connectivity index (χ2v) is 6.22. The normalized spacial score (nSPS) is 14.3. The van der Waals surface area contributed by atoms with Crippen molar-refractivity contribution >= 4 is 11.8 Å². The molecular weight excluding hydrogens is 305 g/mol. The van der Waals surface area contributed by atoms with Crippen LogP contribution in [0.25, 0.3) is 0 Å². The van der Waals surface area contributed by atoms with E-state index in [1.165, 1.54) is 12.1 Å². The van der Waals surface area contributed by atoms with Crippen LogP contribution < -0.4 is 4.74 Å². The maximum Gasteiger partial charge on any atom is 0.191 e. The summed E-state index contributed by atoms with van der Waals surface area (Å²) < 4.78 is 20.4. The van der Waals surface area contributed by atoms with Crippen molar-refractivity contribution in [2.75, 3.05) is 12.4 Å². The van der Waals surface area contributed by atoms with Crippen LogP contribution in [0, 0.1) is 5.82 Å². The van der Waals surface area contributed by atoms with Crippen molar-refractivity contribution in [3.05, 3.63) is 35.9 Å². The molecule has 1 saturated carbocycles. The van der Waals surface area contributed by atoms with E-state index in [-0.39, 0.29) is 12.4 Å². The Bertz CT molecular complexity index is 614. The predicted octanol–water partition coefficient (Wildman–Crippen LogP) is 2.81. The van der Waals surface area contributed by atoms with E-state index in [0.717, 1.165) is 30.2 Å². The summed E-state index contributed by atoms with van der Waals surface area (Å²) in [4.78, 5) is 0. The maximum absolute atomic E-state index is 12.8. The fourth-order valence-corrected chi connectivity index (χ4v) is 3.09. The molecule has 1 heterocycles. The van der Waals surface area contributed by atoms with E-state index in [1.54, 1.807) is 23.9 Å². The fraction of sp³-hybridized carbons (Fsp3) is 0.467. The molecule has 0 atom stereocenters. The minimum Gasteiger partial charge on any atom is -0.494 e. The van der Waals surface area contributed by atoms with Gasteiger partial charge in [0.05, 0.1) is 6.61 Å². The van der Waals surface area contributed by atoms with E-state index in [2.05, 4.69) is 10.2 Å². The van der Waals surface area contributed by atoms with Gasteiger partial charge in [0.15, 0.2) is 11.0 Å². The number of benzene rings is 1. The van der Waals surface area contributed by atoms with Gasteiger partial charge < -0.3 is 14.4 Å². The Kier molecular flexibility index (Phi) is 4.94. The lowest BCUT2D eigenvalue weighted by atomic mass is 10.3. The summed E-state index contributed by atoms with van der Waals surface area (Å²) in [6.45, 7) is 0.501. The van der Waals surface area contributed by atoms with Crippen LogP contribution >= 0.6 is 11.8 Å². The molecule has 0 radical (unpaired) electrons. The Hall–Kier alpha value is -1.60. The molecule has 0 amide bonds. The first-order valence-corrected chi connectivity index (χ1v) is 8.32. The highest BCUT2D eigenvalue weighted by Gasteiger charge is 2.29. The number of hydrogen-bond donors (Lipinski definition) is 1. The molecule has 0 bridgehead atoms. The average molecular weight is 323 g/mol. The molecule has 1 aliphatic carbocycles. The van der Waals surface area contributed by atoms with Crippen molar-refractivity contribution < 1.29 is 14.2 Å². The van der Waals surface area contributed by atoms with Gasteiger partial charge in [0.2, 0.25) is 0 Å². The molecule has 22 heavy (non-hydrogen) atoms. The number of rotatable bonds is 8. The van der Waals surface area contributed by atoms with Gasteiger partial charge in [-0.1, -0.05) is 11.8 Å². The van der Waals surface area contributed by atoms with Gasteiger partial charge >= 0.3 is 0 Å². The van der Waals surface area contributed by atoms with Crippen LogP contribution in [0.1, 0.15) is 31.1 Å². The Morgan fingerprint density at radius 1 is 1.27 bits per heavy atom. The highest BCUT2D eigenvalue weighted by Crippen LogP contribution is 2.38. The quantitative estimate of drug-likeness (QED) is 0.598. The molecule has 5 nitrogen and oxygen atoms in total. The zero-order valence-corrected chi connectivity index (χ0v) is 12.9. The van der Waals surface area contributed by atoms with Crippen molar-refractivity contribution in [3.63, 3.8) is 0 Å². The summed E-state index contributed by atoms with van der Waals surface area (Å²) in [5.74, 6) is 1.92. The van der Waals surface area contributed by atoms with Gasteiger partial charge in [0, 0.05) is 11.8 Å². The average Bonchev–Trinajstić information content (AvgIpc) is 3.29. The lowest BCUT2D eigenvalue weighted by Gasteiger charge is -2.08. The first-order valence-electron chi connectivity index (χ1n) is 7.33. The third-order valence-electron chi connectivity index (χ3n) is 3.39. The summed E-state index contributed by atoms with van der Waals surface area (Å²) in [6.07, 6.45) is 3.12. The molecule has 1 aromatic carbocycles. The first kappa shape index (κ1) is 15.3. The number of aromatic nitrogens is 3. The third-order valence-corrected chi connectivity index (χ3v) is 4.42. The number of thioether (sulfide) groups is 1. The number of aliphatic hydroxyl groups excluding tert-OH is 1. The summed E-state index contributed by atoms with van der Waals surface area (Å²) in [7, 11) is 0. The molecule has 0 spiro atoms. The summed E-state index contributed by atoms with van der Waals surface area (Å²) in [5.41, 5.74) is 0. The molecule has 1 N–H and O–H groups in total. The smallest absolute Gasteiger partial charge is 0.191 e. The Morgan fingerprint density at radius 3 is 2.73 bits per heavy atom. The van der Waals surface area contributed by atoms with E-state index in [0.29, 0.717) is 24.2 Å². The van der Waals surface area contributed by atoms with Gasteiger partial charge in [0.1, 0.15) is 18.2 Å². The molecule has 0 unspecified atom stereocenters. The molecule has 0 aliphatic heterocycles. The van der Waals surface area contributed by atoms with Crippen LogP contribution in [0.5, 0.6) is 5.75 Å². The SMILES string of the molecule is OCc1nnc(SCCCOc2ccc(F)cc2)n1C1CC1. The van der Waals surface area contributed by atoms with Crippen LogP contribution in [0.4, 0.5) is 4.39 Å². The van der Waals surface area contributed by atoms with Crippen LogP contribution in [-0.2, 0) is 6.61 Å². The van der Waals surface area contributed by atoms with Gasteiger partial charge in [-0.2, -0.15) is 0 Å². The highest BCUT2D eigenvalue weighted by atomic mass is 32.2. The highest BCUT2D eigenvalue weighted by molar-refractivity contribution is 7.99. The van der Waals surface area contributed by atoms with Gasteiger partial charge in [0.25, 0.3) is 0 Å². The van der Waals surface area contributed by atoms with E-state index in [1.807, 2.05) is 4.57 Å². The zero-order chi connectivity index (χ0) is 15.4. The molecule has 118 valence electrons. The summed E-state index contributed by atoms with van der Waals surface area (Å²) in [5, 5.41) is 18.3. The largest absolute Gasteiger partial charge is 0.494 e. The van der Waals surface area contributed by atoms with Crippen LogP contribution in [0.15, 0.2) is 29.4 Å². The number of ether oxygens (including phenoxy) is 1. The minimum atomic E-state index is -0.262. The van der Waals surface area contributed by atoms with Gasteiger partial charge in [-0.3, -0.25) is 0 Å². The third kappa shape index (κ3) is 3.78. The van der Waals surface area contributed by atoms with Crippen molar-refractivity contribution in [1.82, 2.24) is 14.8 Å². The second-order valence-electron chi connectivity index (χ2n) is 5.16. The molecule has 1 aromatic heterocycles. The molecule has 7 heteroatoms. The van der Waals surface area contributed by atoms with Crippen molar-refractivity contribution in [3.8, 4) is 5.75 Å². The lowest BCUT2D eigenvalue weighted by Crippen LogP contribution is -2.04. The molecular formula is C15H18FN3O2S. The van der Waals surface area contributed by atoms with Crippen molar-refractivity contribution in [2.45, 2.75) is 37.1 Å². The molecule has 1 aliphatic rings. The number of aliphatic hydroxyl groups is 1. The van der Waals surface area contributed by atoms with E-state index >= 15 is 0 Å². The Morgan fingerprint density at radius 2 is 2.05 bits per heavy atom. The maximum atomic E-state index is 12.8. The topological polar surface area (TPSA) is 60.2 Å². The van der Waals surface area contributed by atoms with Crippen LogP contribution in [-0.4, -0.2) is 32.2 Å². The first-order chi connectivity index (χ1) is 10.8. The van der Waals surface area contributed by atoms with Gasteiger partial charge in [-0.25, -0.2) is 4.39 Å². The van der Waals surface area contributed by atoms with Gasteiger partial charge in [-0.05, 0) is 43.5 Å². The van der Waals surface area contributed by atoms with Gasteiger partial charge in [-0.15, -0.1) is 10.2 Å². The summed E-state index contributed by atoms with van der Waals surface area (Å²) >= 11 is 1.63. The second kappa shape index (κ2) is 7.11. The Balaban J connectivity index is 1.43. The summed E-state index contributed by atoms with van der Waals surface area (Å²) in [6, 6.07) is 6.48. The Labute approximate surface area is 132 Å². The van der Waals surface area contributed by atoms with Crippen molar-refractivity contribution in [1.29, 1.82) is 0 Å². The zero-order valence-electron chi connectivity index (χ0n) is 12.1. The predicted molar refractivity (Wildman–Crippen MR) is 81.5 cm³/mol. The van der Waals surface area contributed by atoms with E-state index in [9.17, 15) is 9.50 Å². The van der Waals surface area contributed by atoms with Crippen molar-refractivity contribution in [2.24, 2.45) is 0 Å². The van der Waals surface area contributed by atoms with Crippen LogP contribution in [0.3, 0.4) is 0 Å². The number of hydrogen-bond acceptors (Lipinski definition) is 5. The number of halogens is 1. The molecule has 0 saturated heterocycles. The minimum absolute atomic E-state index is 0.0717.